The quantitative estimate of drug-likeness (QED) is 0.459. The third-order valence-corrected chi connectivity index (χ3v) is 6.95. The highest BCUT2D eigenvalue weighted by Gasteiger charge is 2.59. The average molecular weight is 468 g/mol. The van der Waals surface area contributed by atoms with Gasteiger partial charge in [0.15, 0.2) is 5.67 Å². The number of carbonyl (C=O) groups is 2. The zero-order valence-electron chi connectivity index (χ0n) is 20.6. The van der Waals surface area contributed by atoms with Crippen LogP contribution in [0.15, 0.2) is 54.6 Å². The van der Waals surface area contributed by atoms with Gasteiger partial charge in [-0.3, -0.25) is 4.79 Å². The molecule has 2 aromatic carbocycles. The van der Waals surface area contributed by atoms with E-state index in [2.05, 4.69) is 0 Å². The van der Waals surface area contributed by atoms with Crippen LogP contribution in [0.3, 0.4) is 0 Å². The summed E-state index contributed by atoms with van der Waals surface area (Å²) >= 11 is 0. The smallest absolute Gasteiger partial charge is 0.417 e. The number of hydrogen-bond acceptors (Lipinski definition) is 4. The first-order valence-corrected chi connectivity index (χ1v) is 12.0. The van der Waals surface area contributed by atoms with E-state index in [1.54, 1.807) is 13.8 Å². The van der Waals surface area contributed by atoms with E-state index in [4.69, 9.17) is 9.47 Å². The number of halogens is 1. The van der Waals surface area contributed by atoms with E-state index < -0.39 is 35.2 Å². The molecule has 1 aliphatic heterocycles. The molecule has 1 saturated carbocycles. The molecule has 2 aliphatic rings. The lowest BCUT2D eigenvalue weighted by atomic mass is 9.79. The summed E-state index contributed by atoms with van der Waals surface area (Å²) < 4.78 is 28.0. The predicted molar refractivity (Wildman–Crippen MR) is 128 cm³/mol. The van der Waals surface area contributed by atoms with Gasteiger partial charge in [-0.1, -0.05) is 56.3 Å². The molecule has 1 heterocycles. The first-order chi connectivity index (χ1) is 16.0. The maximum atomic E-state index is 16.6. The van der Waals surface area contributed by atoms with Crippen molar-refractivity contribution in [2.45, 2.75) is 77.3 Å². The minimum absolute atomic E-state index is 0.0347. The van der Waals surface area contributed by atoms with Crippen molar-refractivity contribution in [2.24, 2.45) is 11.8 Å². The average Bonchev–Trinajstić information content (AvgIpc) is 3.56. The van der Waals surface area contributed by atoms with Gasteiger partial charge in [-0.2, -0.15) is 0 Å². The molecule has 3 atom stereocenters. The number of carbonyl (C=O) groups excluding carboxylic acids is 2. The molecule has 2 fully saturated rings. The van der Waals surface area contributed by atoms with Crippen LogP contribution in [0, 0.1) is 11.8 Å². The van der Waals surface area contributed by atoms with Crippen molar-refractivity contribution in [2.75, 3.05) is 0 Å². The van der Waals surface area contributed by atoms with Gasteiger partial charge in [-0.05, 0) is 68.7 Å². The molecule has 0 unspecified atom stereocenters. The number of rotatable bonds is 8. The van der Waals surface area contributed by atoms with E-state index in [9.17, 15) is 9.59 Å². The largest absolute Gasteiger partial charge is 0.489 e. The van der Waals surface area contributed by atoms with E-state index in [0.29, 0.717) is 17.9 Å². The molecular weight excluding hydrogens is 433 g/mol. The van der Waals surface area contributed by atoms with Gasteiger partial charge < -0.3 is 9.47 Å². The van der Waals surface area contributed by atoms with Crippen molar-refractivity contribution in [3.63, 3.8) is 0 Å². The monoisotopic (exact) mass is 467 g/mol. The number of imide groups is 1. The zero-order valence-corrected chi connectivity index (χ0v) is 20.6. The van der Waals surface area contributed by atoms with E-state index >= 15 is 4.39 Å². The summed E-state index contributed by atoms with van der Waals surface area (Å²) in [6, 6.07) is 16.6. The lowest BCUT2D eigenvalue weighted by molar-refractivity contribution is -0.144. The normalized spacial score (nSPS) is 22.3. The van der Waals surface area contributed by atoms with Crippen LogP contribution in [0.5, 0.6) is 5.75 Å². The molecule has 2 amide bonds. The number of hydrogen-bond donors (Lipinski definition) is 0. The van der Waals surface area contributed by atoms with Gasteiger partial charge in [-0.15, -0.1) is 0 Å². The highest BCUT2D eigenvalue weighted by Crippen LogP contribution is 2.51. The van der Waals surface area contributed by atoms with E-state index in [-0.39, 0.29) is 11.8 Å². The summed E-state index contributed by atoms with van der Waals surface area (Å²) in [6.45, 7) is 9.07. The second kappa shape index (κ2) is 9.05. The summed E-state index contributed by atoms with van der Waals surface area (Å²) in [5.74, 6) is -0.918. The van der Waals surface area contributed by atoms with Gasteiger partial charge in [0.2, 0.25) is 0 Å². The standard InChI is InChI=1S/C28H34FNO4/c1-18(2)24-27(3,4)34-26(32)30(24)25(31)28(5,29)23(20-14-15-20)21-12-9-13-22(16-21)33-17-19-10-7-6-8-11-19/h6-13,16,18,20,23-24H,14-15,17H2,1-5H3/t23-,24-,28+/m0/s1. The lowest BCUT2D eigenvalue weighted by Gasteiger charge is -2.36. The maximum absolute atomic E-state index is 16.6. The molecule has 5 nitrogen and oxygen atoms in total. The first-order valence-electron chi connectivity index (χ1n) is 12.0. The maximum Gasteiger partial charge on any atom is 0.417 e. The second-order valence-electron chi connectivity index (χ2n) is 10.6. The fourth-order valence-electron chi connectivity index (χ4n) is 5.43. The topological polar surface area (TPSA) is 55.8 Å². The third kappa shape index (κ3) is 4.68. The fraction of sp³-hybridized carbons (Fsp3) is 0.500. The number of amides is 2. The molecule has 1 saturated heterocycles. The summed E-state index contributed by atoms with van der Waals surface area (Å²) in [7, 11) is 0. The van der Waals surface area contributed by atoms with Crippen LogP contribution in [0.25, 0.3) is 0 Å². The minimum atomic E-state index is -2.27. The Hall–Kier alpha value is -2.89. The Bertz CT molecular complexity index is 1050. The summed E-state index contributed by atoms with van der Waals surface area (Å²) in [5.41, 5.74) is -1.41. The molecule has 0 spiro atoms. The Kier molecular flexibility index (Phi) is 6.45. The molecular formula is C28H34FNO4. The lowest BCUT2D eigenvalue weighted by Crippen LogP contribution is -2.55. The van der Waals surface area contributed by atoms with Crippen molar-refractivity contribution in [3.8, 4) is 5.75 Å². The summed E-state index contributed by atoms with van der Waals surface area (Å²) in [5, 5.41) is 0. The van der Waals surface area contributed by atoms with Gasteiger partial charge >= 0.3 is 6.09 Å². The third-order valence-electron chi connectivity index (χ3n) is 6.95. The molecule has 2 aromatic rings. The van der Waals surface area contributed by atoms with Gasteiger partial charge in [0.25, 0.3) is 5.91 Å². The highest BCUT2D eigenvalue weighted by molar-refractivity contribution is 5.99. The number of alkyl halides is 1. The second-order valence-corrected chi connectivity index (χ2v) is 10.6. The Labute approximate surface area is 201 Å². The van der Waals surface area contributed by atoms with Gasteiger partial charge in [0.05, 0.1) is 6.04 Å². The Morgan fingerprint density at radius 3 is 2.47 bits per heavy atom. The molecule has 6 heteroatoms. The molecule has 0 radical (unpaired) electrons. The van der Waals surface area contributed by atoms with Crippen LogP contribution in [0.2, 0.25) is 0 Å². The SMILES string of the molecule is CC(C)[C@@H]1N(C(=O)[C@](C)(F)[C@H](c2cccc(OCc3ccccc3)c2)C2CC2)C(=O)OC1(C)C. The molecule has 34 heavy (non-hydrogen) atoms. The minimum Gasteiger partial charge on any atom is -0.489 e. The fourth-order valence-corrected chi connectivity index (χ4v) is 5.43. The van der Waals surface area contributed by atoms with Crippen LogP contribution < -0.4 is 4.74 Å². The van der Waals surface area contributed by atoms with E-state index in [0.717, 1.165) is 23.3 Å². The first kappa shape index (κ1) is 24.2. The summed E-state index contributed by atoms with van der Waals surface area (Å²) in [4.78, 5) is 27.4. The van der Waals surface area contributed by atoms with Crippen LogP contribution >= 0.6 is 0 Å². The molecule has 1 aliphatic carbocycles. The van der Waals surface area contributed by atoms with Crippen molar-refractivity contribution >= 4 is 12.0 Å². The molecule has 4 rings (SSSR count). The Morgan fingerprint density at radius 2 is 1.85 bits per heavy atom. The molecule has 182 valence electrons. The molecule has 0 aromatic heterocycles. The van der Waals surface area contributed by atoms with Crippen LogP contribution in [0.1, 0.15) is 64.5 Å². The van der Waals surface area contributed by atoms with Crippen LogP contribution in [0.4, 0.5) is 9.18 Å². The van der Waals surface area contributed by atoms with E-state index in [1.807, 2.05) is 68.4 Å². The van der Waals surface area contributed by atoms with Crippen LogP contribution in [-0.2, 0) is 16.1 Å². The van der Waals surface area contributed by atoms with E-state index in [1.165, 1.54) is 6.92 Å². The van der Waals surface area contributed by atoms with Gasteiger partial charge in [0.1, 0.15) is 18.0 Å². The van der Waals surface area contributed by atoms with Crippen molar-refractivity contribution in [1.29, 1.82) is 0 Å². The number of benzene rings is 2. The van der Waals surface area contributed by atoms with Gasteiger partial charge in [-0.25, -0.2) is 14.1 Å². The number of nitrogens with zero attached hydrogens (tertiary/aromatic N) is 1. The number of ether oxygens (including phenoxy) is 2. The summed E-state index contributed by atoms with van der Waals surface area (Å²) in [6.07, 6.45) is 0.915. The van der Waals surface area contributed by atoms with Crippen molar-refractivity contribution in [1.82, 2.24) is 4.90 Å². The molecule has 0 bridgehead atoms. The highest BCUT2D eigenvalue weighted by atomic mass is 19.1. The van der Waals surface area contributed by atoms with Crippen molar-refractivity contribution < 1.29 is 23.5 Å². The van der Waals surface area contributed by atoms with Crippen LogP contribution in [-0.4, -0.2) is 34.2 Å². The van der Waals surface area contributed by atoms with Crippen molar-refractivity contribution in [3.05, 3.63) is 65.7 Å². The van der Waals surface area contributed by atoms with Gasteiger partial charge in [0, 0.05) is 5.92 Å². The Morgan fingerprint density at radius 1 is 1.18 bits per heavy atom. The molecule has 0 N–H and O–H groups in total. The predicted octanol–water partition coefficient (Wildman–Crippen LogP) is 6.27. The Balaban J connectivity index is 1.61. The zero-order chi connectivity index (χ0) is 24.7. The number of cyclic esters (lactones) is 1.